The van der Waals surface area contributed by atoms with Crippen molar-refractivity contribution in [3.05, 3.63) is 41.8 Å². The lowest BCUT2D eigenvalue weighted by Gasteiger charge is -2.05. The fraction of sp³-hybridized carbons (Fsp3) is 0.333. The van der Waals surface area contributed by atoms with Gasteiger partial charge in [0, 0.05) is 24.0 Å². The molecule has 0 aliphatic carbocycles. The van der Waals surface area contributed by atoms with E-state index in [1.807, 2.05) is 12.1 Å². The van der Waals surface area contributed by atoms with E-state index in [4.69, 9.17) is 5.73 Å². The molecular weight excluding hydrogens is 257 g/mol. The molecule has 0 spiro atoms. The number of benzene rings is 1. The molecule has 5 heteroatoms. The van der Waals surface area contributed by atoms with Gasteiger partial charge < -0.3 is 11.1 Å². The van der Waals surface area contributed by atoms with Gasteiger partial charge >= 0.3 is 0 Å². The summed E-state index contributed by atoms with van der Waals surface area (Å²) in [5, 5.41) is 3.57. The normalized spacial score (nSPS) is 10.7. The number of amides is 1. The molecule has 0 unspecified atom stereocenters. The number of halogens is 1. The maximum atomic E-state index is 13.0. The van der Waals surface area contributed by atoms with Gasteiger partial charge in [-0.1, -0.05) is 6.07 Å². The molecule has 0 saturated heterocycles. The molecule has 0 bridgehead atoms. The fourth-order valence-corrected chi connectivity index (χ4v) is 1.94. The maximum absolute atomic E-state index is 13.0. The lowest BCUT2D eigenvalue weighted by molar-refractivity contribution is -0.121. The molecular formula is C15H18FN3O. The fourth-order valence-electron chi connectivity index (χ4n) is 1.94. The predicted molar refractivity (Wildman–Crippen MR) is 76.7 cm³/mol. The van der Waals surface area contributed by atoms with Crippen molar-refractivity contribution in [3.63, 3.8) is 0 Å². The highest BCUT2D eigenvalue weighted by Crippen LogP contribution is 2.14. The molecule has 20 heavy (non-hydrogen) atoms. The van der Waals surface area contributed by atoms with Crippen LogP contribution in [0, 0.1) is 5.82 Å². The van der Waals surface area contributed by atoms with Gasteiger partial charge in [0.1, 0.15) is 5.82 Å². The molecule has 1 amide bonds. The standard InChI is InChI=1S/C15H18FN3O/c16-12-3-6-14-11(10-12)2-4-13(19-14)5-7-15(20)18-9-1-8-17/h2-4,6,10H,1,5,7-9,17H2,(H,18,20). The van der Waals surface area contributed by atoms with Gasteiger partial charge in [-0.25, -0.2) is 4.39 Å². The molecule has 0 saturated carbocycles. The lowest BCUT2D eigenvalue weighted by atomic mass is 10.1. The van der Waals surface area contributed by atoms with Gasteiger partial charge in [-0.05, 0) is 43.7 Å². The molecule has 1 aromatic heterocycles. The Morgan fingerprint density at radius 3 is 2.95 bits per heavy atom. The van der Waals surface area contributed by atoms with Crippen molar-refractivity contribution >= 4 is 16.8 Å². The second-order valence-electron chi connectivity index (χ2n) is 4.63. The zero-order valence-electron chi connectivity index (χ0n) is 11.2. The van der Waals surface area contributed by atoms with Crippen molar-refractivity contribution in [2.75, 3.05) is 13.1 Å². The minimum Gasteiger partial charge on any atom is -0.356 e. The number of rotatable bonds is 6. The summed E-state index contributed by atoms with van der Waals surface area (Å²) in [6.07, 6.45) is 1.75. The third-order valence-corrected chi connectivity index (χ3v) is 3.02. The van der Waals surface area contributed by atoms with E-state index in [0.29, 0.717) is 25.9 Å². The van der Waals surface area contributed by atoms with E-state index in [-0.39, 0.29) is 11.7 Å². The zero-order chi connectivity index (χ0) is 14.4. The minimum atomic E-state index is -0.272. The molecule has 4 nitrogen and oxygen atoms in total. The highest BCUT2D eigenvalue weighted by atomic mass is 19.1. The van der Waals surface area contributed by atoms with Gasteiger partial charge in [0.2, 0.25) is 5.91 Å². The second-order valence-corrected chi connectivity index (χ2v) is 4.63. The summed E-state index contributed by atoms with van der Waals surface area (Å²) in [4.78, 5) is 16.0. The summed E-state index contributed by atoms with van der Waals surface area (Å²) < 4.78 is 13.0. The number of carbonyl (C=O) groups excluding carboxylic acids is 1. The van der Waals surface area contributed by atoms with Crippen LogP contribution in [0.1, 0.15) is 18.5 Å². The Morgan fingerprint density at radius 1 is 1.30 bits per heavy atom. The maximum Gasteiger partial charge on any atom is 0.220 e. The number of nitrogens with two attached hydrogens (primary N) is 1. The molecule has 2 aromatic rings. The Hall–Kier alpha value is -2.01. The molecule has 0 aliphatic rings. The third-order valence-electron chi connectivity index (χ3n) is 3.02. The SMILES string of the molecule is NCCCNC(=O)CCc1ccc2cc(F)ccc2n1. The Kier molecular flexibility index (Phi) is 5.01. The lowest BCUT2D eigenvalue weighted by Crippen LogP contribution is -2.26. The van der Waals surface area contributed by atoms with Crippen molar-refractivity contribution in [1.29, 1.82) is 0 Å². The number of hydrogen-bond acceptors (Lipinski definition) is 3. The zero-order valence-corrected chi connectivity index (χ0v) is 11.2. The van der Waals surface area contributed by atoms with Crippen molar-refractivity contribution in [1.82, 2.24) is 10.3 Å². The first-order chi connectivity index (χ1) is 9.69. The van der Waals surface area contributed by atoms with Gasteiger partial charge in [0.25, 0.3) is 0 Å². The number of carbonyl (C=O) groups is 1. The van der Waals surface area contributed by atoms with E-state index < -0.39 is 0 Å². The van der Waals surface area contributed by atoms with E-state index in [9.17, 15) is 9.18 Å². The first-order valence-corrected chi connectivity index (χ1v) is 6.71. The van der Waals surface area contributed by atoms with Crippen LogP contribution in [0.25, 0.3) is 10.9 Å². The molecule has 1 aromatic carbocycles. The number of nitrogens with zero attached hydrogens (tertiary/aromatic N) is 1. The highest BCUT2D eigenvalue weighted by molar-refractivity contribution is 5.79. The molecule has 1 heterocycles. The predicted octanol–water partition coefficient (Wildman–Crippen LogP) is 1.77. The van der Waals surface area contributed by atoms with Crippen molar-refractivity contribution in [2.24, 2.45) is 5.73 Å². The van der Waals surface area contributed by atoms with E-state index in [1.165, 1.54) is 12.1 Å². The van der Waals surface area contributed by atoms with Gasteiger partial charge in [0.05, 0.1) is 5.52 Å². The van der Waals surface area contributed by atoms with Gasteiger partial charge in [-0.3, -0.25) is 9.78 Å². The van der Waals surface area contributed by atoms with E-state index in [0.717, 1.165) is 23.0 Å². The van der Waals surface area contributed by atoms with Crippen molar-refractivity contribution in [2.45, 2.75) is 19.3 Å². The number of aryl methyl sites for hydroxylation is 1. The number of pyridine rings is 1. The molecule has 106 valence electrons. The summed E-state index contributed by atoms with van der Waals surface area (Å²) in [7, 11) is 0. The van der Waals surface area contributed by atoms with Crippen LogP contribution < -0.4 is 11.1 Å². The van der Waals surface area contributed by atoms with Crippen molar-refractivity contribution < 1.29 is 9.18 Å². The molecule has 3 N–H and O–H groups in total. The third kappa shape index (κ3) is 3.99. The molecule has 0 radical (unpaired) electrons. The Morgan fingerprint density at radius 2 is 2.15 bits per heavy atom. The average molecular weight is 275 g/mol. The number of aromatic nitrogens is 1. The highest BCUT2D eigenvalue weighted by Gasteiger charge is 2.04. The Labute approximate surface area is 117 Å². The Bertz CT molecular complexity index is 601. The summed E-state index contributed by atoms with van der Waals surface area (Å²) >= 11 is 0. The molecule has 0 fully saturated rings. The van der Waals surface area contributed by atoms with Crippen LogP contribution in [0.3, 0.4) is 0 Å². The van der Waals surface area contributed by atoms with Crippen LogP contribution in [0.15, 0.2) is 30.3 Å². The Balaban J connectivity index is 1.93. The molecule has 2 rings (SSSR count). The first-order valence-electron chi connectivity index (χ1n) is 6.71. The molecule has 0 atom stereocenters. The quantitative estimate of drug-likeness (QED) is 0.789. The molecule has 0 aliphatic heterocycles. The van der Waals surface area contributed by atoms with Crippen LogP contribution >= 0.6 is 0 Å². The number of hydrogen-bond donors (Lipinski definition) is 2. The average Bonchev–Trinajstić information content (AvgIpc) is 2.45. The number of nitrogens with one attached hydrogen (secondary N) is 1. The first kappa shape index (κ1) is 14.4. The van der Waals surface area contributed by atoms with Crippen LogP contribution in [-0.4, -0.2) is 24.0 Å². The van der Waals surface area contributed by atoms with Crippen LogP contribution in [0.5, 0.6) is 0 Å². The minimum absolute atomic E-state index is 0.000506. The van der Waals surface area contributed by atoms with Crippen LogP contribution in [0.2, 0.25) is 0 Å². The summed E-state index contributed by atoms with van der Waals surface area (Å²) in [5.74, 6) is -0.272. The summed E-state index contributed by atoms with van der Waals surface area (Å²) in [6, 6.07) is 8.14. The topological polar surface area (TPSA) is 68.0 Å². The number of fused-ring (bicyclic) bond motifs is 1. The smallest absolute Gasteiger partial charge is 0.220 e. The van der Waals surface area contributed by atoms with Crippen LogP contribution in [0.4, 0.5) is 4.39 Å². The summed E-state index contributed by atoms with van der Waals surface area (Å²) in [6.45, 7) is 1.18. The monoisotopic (exact) mass is 275 g/mol. The largest absolute Gasteiger partial charge is 0.356 e. The van der Waals surface area contributed by atoms with Crippen molar-refractivity contribution in [3.8, 4) is 0 Å². The summed E-state index contributed by atoms with van der Waals surface area (Å²) in [5.41, 5.74) is 6.93. The van der Waals surface area contributed by atoms with E-state index in [2.05, 4.69) is 10.3 Å². The second kappa shape index (κ2) is 6.96. The van der Waals surface area contributed by atoms with Gasteiger partial charge in [-0.15, -0.1) is 0 Å². The van der Waals surface area contributed by atoms with Gasteiger partial charge in [-0.2, -0.15) is 0 Å². The van der Waals surface area contributed by atoms with E-state index in [1.54, 1.807) is 6.07 Å². The van der Waals surface area contributed by atoms with E-state index >= 15 is 0 Å². The van der Waals surface area contributed by atoms with Gasteiger partial charge in [0.15, 0.2) is 0 Å². The van der Waals surface area contributed by atoms with Crippen LogP contribution in [-0.2, 0) is 11.2 Å².